The Hall–Kier alpha value is -2.02. The van der Waals surface area contributed by atoms with Crippen LogP contribution < -0.4 is 4.74 Å². The first-order valence-electron chi connectivity index (χ1n) is 6.25. The van der Waals surface area contributed by atoms with Crippen LogP contribution in [0.1, 0.15) is 44.7 Å². The molecule has 0 aliphatic carbocycles. The molecule has 4 heteroatoms. The molecule has 1 aromatic carbocycles. The zero-order chi connectivity index (χ0) is 14.5. The van der Waals surface area contributed by atoms with Gasteiger partial charge in [-0.05, 0) is 51.3 Å². The van der Waals surface area contributed by atoms with Gasteiger partial charge in [-0.3, -0.25) is 4.79 Å². The van der Waals surface area contributed by atoms with Crippen molar-refractivity contribution in [1.82, 2.24) is 0 Å². The summed E-state index contributed by atoms with van der Waals surface area (Å²) in [7, 11) is 0. The lowest BCUT2D eigenvalue weighted by Gasteiger charge is -2.22. The predicted molar refractivity (Wildman–Crippen MR) is 72.1 cm³/mol. The second kappa shape index (κ2) is 6.24. The molecule has 1 aromatic rings. The Bertz CT molecular complexity index is 495. The maximum absolute atomic E-state index is 10.5. The van der Waals surface area contributed by atoms with Crippen molar-refractivity contribution in [3.63, 3.8) is 0 Å². The Morgan fingerprint density at radius 2 is 2.11 bits per heavy atom. The molecule has 4 nitrogen and oxygen atoms in total. The van der Waals surface area contributed by atoms with Crippen molar-refractivity contribution in [3.8, 4) is 11.8 Å². The molecule has 0 radical (unpaired) electrons. The van der Waals surface area contributed by atoms with Crippen LogP contribution >= 0.6 is 0 Å². The average molecular weight is 261 g/mol. The topological polar surface area (TPSA) is 70.3 Å². The standard InChI is InChI=1S/C15H19NO3/c1-15(2,3)19-13-9-11(5-4-6-14(17)18)7-8-12(13)10-16/h7-9H,4-6H2,1-3H3,(H,17,18). The summed E-state index contributed by atoms with van der Waals surface area (Å²) in [6, 6.07) is 7.49. The second-order valence-electron chi connectivity index (χ2n) is 5.40. The van der Waals surface area contributed by atoms with Crippen LogP contribution in [0, 0.1) is 11.3 Å². The van der Waals surface area contributed by atoms with Gasteiger partial charge in [-0.1, -0.05) is 6.07 Å². The Balaban J connectivity index is 2.83. The average Bonchev–Trinajstić information content (AvgIpc) is 2.26. The monoisotopic (exact) mass is 261 g/mol. The molecule has 0 unspecified atom stereocenters. The van der Waals surface area contributed by atoms with E-state index in [1.165, 1.54) is 0 Å². The zero-order valence-electron chi connectivity index (χ0n) is 11.6. The summed E-state index contributed by atoms with van der Waals surface area (Å²) in [4.78, 5) is 10.5. The van der Waals surface area contributed by atoms with Gasteiger partial charge in [0.15, 0.2) is 0 Å². The summed E-state index contributed by atoms with van der Waals surface area (Å²) in [6.07, 6.45) is 1.39. The molecule has 0 spiro atoms. The van der Waals surface area contributed by atoms with E-state index < -0.39 is 5.97 Å². The molecule has 0 aliphatic heterocycles. The number of hydrogen-bond donors (Lipinski definition) is 1. The molecular weight excluding hydrogens is 242 g/mol. The maximum atomic E-state index is 10.5. The molecule has 0 fully saturated rings. The van der Waals surface area contributed by atoms with Crippen LogP contribution in [-0.2, 0) is 11.2 Å². The SMILES string of the molecule is CC(C)(C)Oc1cc(CCCC(=O)O)ccc1C#N. The van der Waals surface area contributed by atoms with Crippen molar-refractivity contribution in [2.75, 3.05) is 0 Å². The molecular formula is C15H19NO3. The number of aliphatic carboxylic acids is 1. The summed E-state index contributed by atoms with van der Waals surface area (Å²) in [5.74, 6) is -0.234. The van der Waals surface area contributed by atoms with Gasteiger partial charge in [0.25, 0.3) is 0 Å². The minimum atomic E-state index is -0.792. The molecule has 0 atom stereocenters. The first kappa shape index (κ1) is 15.0. The number of benzene rings is 1. The highest BCUT2D eigenvalue weighted by molar-refractivity contribution is 5.66. The lowest BCUT2D eigenvalue weighted by atomic mass is 10.0. The van der Waals surface area contributed by atoms with Gasteiger partial charge in [-0.15, -0.1) is 0 Å². The fourth-order valence-corrected chi connectivity index (χ4v) is 1.67. The number of carboxylic acids is 1. The first-order valence-corrected chi connectivity index (χ1v) is 6.25. The number of nitriles is 1. The van der Waals surface area contributed by atoms with Gasteiger partial charge in [0, 0.05) is 6.42 Å². The molecule has 0 aromatic heterocycles. The number of carbonyl (C=O) groups is 1. The molecule has 0 amide bonds. The number of hydrogen-bond acceptors (Lipinski definition) is 3. The van der Waals surface area contributed by atoms with E-state index in [4.69, 9.17) is 15.1 Å². The van der Waals surface area contributed by atoms with Crippen LogP contribution in [0.25, 0.3) is 0 Å². The van der Waals surface area contributed by atoms with Crippen molar-refractivity contribution in [2.24, 2.45) is 0 Å². The first-order chi connectivity index (χ1) is 8.81. The Morgan fingerprint density at radius 1 is 1.42 bits per heavy atom. The van der Waals surface area contributed by atoms with Gasteiger partial charge in [0.2, 0.25) is 0 Å². The number of rotatable bonds is 5. The normalized spacial score (nSPS) is 10.8. The van der Waals surface area contributed by atoms with E-state index in [9.17, 15) is 4.79 Å². The smallest absolute Gasteiger partial charge is 0.303 e. The molecule has 0 aliphatic rings. The lowest BCUT2D eigenvalue weighted by Crippen LogP contribution is -2.23. The van der Waals surface area contributed by atoms with Gasteiger partial charge in [-0.2, -0.15) is 5.26 Å². The van der Waals surface area contributed by atoms with Crippen molar-refractivity contribution >= 4 is 5.97 Å². The minimum absolute atomic E-state index is 0.148. The fourth-order valence-electron chi connectivity index (χ4n) is 1.67. The van der Waals surface area contributed by atoms with Crippen LogP contribution in [0.15, 0.2) is 18.2 Å². The Labute approximate surface area is 113 Å². The van der Waals surface area contributed by atoms with Crippen LogP contribution in [0.3, 0.4) is 0 Å². The quantitative estimate of drug-likeness (QED) is 0.883. The minimum Gasteiger partial charge on any atom is -0.487 e. The van der Waals surface area contributed by atoms with E-state index in [0.717, 1.165) is 5.56 Å². The third-order valence-electron chi connectivity index (χ3n) is 2.44. The van der Waals surface area contributed by atoms with Crippen LogP contribution in [0.5, 0.6) is 5.75 Å². The van der Waals surface area contributed by atoms with E-state index in [-0.39, 0.29) is 12.0 Å². The molecule has 1 rings (SSSR count). The third kappa shape index (κ3) is 5.43. The number of nitrogens with zero attached hydrogens (tertiary/aromatic N) is 1. The number of ether oxygens (including phenoxy) is 1. The highest BCUT2D eigenvalue weighted by Gasteiger charge is 2.15. The van der Waals surface area contributed by atoms with E-state index in [1.54, 1.807) is 6.07 Å². The Morgan fingerprint density at radius 3 is 2.63 bits per heavy atom. The molecule has 19 heavy (non-hydrogen) atoms. The highest BCUT2D eigenvalue weighted by Crippen LogP contribution is 2.25. The van der Waals surface area contributed by atoms with Gasteiger partial charge < -0.3 is 9.84 Å². The van der Waals surface area contributed by atoms with Gasteiger partial charge >= 0.3 is 5.97 Å². The van der Waals surface area contributed by atoms with Gasteiger partial charge in [0.05, 0.1) is 5.56 Å². The molecule has 0 bridgehead atoms. The van der Waals surface area contributed by atoms with Crippen LogP contribution in [0.4, 0.5) is 0 Å². The van der Waals surface area contributed by atoms with Crippen LogP contribution in [0.2, 0.25) is 0 Å². The number of aryl methyl sites for hydroxylation is 1. The second-order valence-corrected chi connectivity index (χ2v) is 5.40. The number of carboxylic acid groups (broad SMARTS) is 1. The molecule has 0 saturated carbocycles. The Kier molecular flexibility index (Phi) is 4.94. The summed E-state index contributed by atoms with van der Waals surface area (Å²) >= 11 is 0. The highest BCUT2D eigenvalue weighted by atomic mass is 16.5. The van der Waals surface area contributed by atoms with E-state index in [2.05, 4.69) is 6.07 Å². The largest absolute Gasteiger partial charge is 0.487 e. The summed E-state index contributed by atoms with van der Waals surface area (Å²) in [6.45, 7) is 5.77. The van der Waals surface area contributed by atoms with Crippen molar-refractivity contribution < 1.29 is 14.6 Å². The predicted octanol–water partition coefficient (Wildman–Crippen LogP) is 3.14. The van der Waals surface area contributed by atoms with E-state index >= 15 is 0 Å². The fraction of sp³-hybridized carbons (Fsp3) is 0.467. The molecule has 102 valence electrons. The molecule has 0 heterocycles. The molecule has 1 N–H and O–H groups in total. The van der Waals surface area contributed by atoms with Crippen molar-refractivity contribution in [3.05, 3.63) is 29.3 Å². The lowest BCUT2D eigenvalue weighted by molar-refractivity contribution is -0.137. The van der Waals surface area contributed by atoms with Crippen molar-refractivity contribution in [1.29, 1.82) is 5.26 Å². The van der Waals surface area contributed by atoms with Crippen LogP contribution in [-0.4, -0.2) is 16.7 Å². The van der Waals surface area contributed by atoms with Crippen molar-refractivity contribution in [2.45, 2.75) is 45.6 Å². The van der Waals surface area contributed by atoms with Gasteiger partial charge in [-0.25, -0.2) is 0 Å². The summed E-state index contributed by atoms with van der Waals surface area (Å²) in [5, 5.41) is 17.7. The van der Waals surface area contributed by atoms with Gasteiger partial charge in [0.1, 0.15) is 17.4 Å². The zero-order valence-corrected chi connectivity index (χ0v) is 11.6. The van der Waals surface area contributed by atoms with E-state index in [0.29, 0.717) is 24.2 Å². The third-order valence-corrected chi connectivity index (χ3v) is 2.44. The summed E-state index contributed by atoms with van der Waals surface area (Å²) in [5.41, 5.74) is 1.11. The molecule has 0 saturated heterocycles. The summed E-state index contributed by atoms with van der Waals surface area (Å²) < 4.78 is 5.75. The van der Waals surface area contributed by atoms with E-state index in [1.807, 2.05) is 32.9 Å². The maximum Gasteiger partial charge on any atom is 0.303 e.